The molecule has 2 aliphatic rings. The molecule has 10 heteroatoms. The van der Waals surface area contributed by atoms with Crippen LogP contribution in [-0.4, -0.2) is 23.7 Å². The van der Waals surface area contributed by atoms with E-state index in [4.69, 9.17) is 60.2 Å². The Kier molecular flexibility index (Phi) is 8.67. The lowest BCUT2D eigenvalue weighted by Crippen LogP contribution is -1.93. The van der Waals surface area contributed by atoms with Crippen LogP contribution < -0.4 is 0 Å². The van der Waals surface area contributed by atoms with Gasteiger partial charge in [0.25, 0.3) is 0 Å². The van der Waals surface area contributed by atoms with Crippen molar-refractivity contribution in [2.24, 2.45) is 0 Å². The van der Waals surface area contributed by atoms with Crippen molar-refractivity contribution in [1.82, 2.24) is 10.3 Å². The Morgan fingerprint density at radius 2 is 1.38 bits per heavy atom. The Morgan fingerprint density at radius 3 is 1.92 bits per heavy atom. The maximum absolute atomic E-state index is 10.9. The first-order valence-corrected chi connectivity index (χ1v) is 13.9. The fraction of sp³-hybridized carbons (Fsp3) is 0.276. The quantitative estimate of drug-likeness (QED) is 0.147. The van der Waals surface area contributed by atoms with Crippen molar-refractivity contribution in [1.29, 1.82) is 0 Å². The van der Waals surface area contributed by atoms with Gasteiger partial charge in [-0.3, -0.25) is 0 Å². The van der Waals surface area contributed by atoms with E-state index < -0.39 is 0 Å². The van der Waals surface area contributed by atoms with Crippen molar-refractivity contribution in [3.05, 3.63) is 85.4 Å². The fourth-order valence-corrected chi connectivity index (χ4v) is 5.28. The third-order valence-electron chi connectivity index (χ3n) is 6.50. The molecule has 0 bridgehead atoms. The Hall–Kier alpha value is -2.77. The van der Waals surface area contributed by atoms with Gasteiger partial charge in [-0.15, -0.1) is 0 Å². The molecule has 6 rings (SSSR count). The molecule has 0 atom stereocenters. The summed E-state index contributed by atoms with van der Waals surface area (Å²) in [6.07, 6.45) is 9.10. The minimum atomic E-state index is 0.295. The van der Waals surface area contributed by atoms with E-state index in [0.29, 0.717) is 44.0 Å². The molecule has 2 heterocycles. The van der Waals surface area contributed by atoms with Gasteiger partial charge >= 0.3 is 0 Å². The van der Waals surface area contributed by atoms with E-state index in [1.54, 1.807) is 43.7 Å². The molecule has 0 spiro atoms. The molecule has 0 unspecified atom stereocenters. The summed E-state index contributed by atoms with van der Waals surface area (Å²) in [5, 5.41) is 10.5. The molecule has 2 aliphatic carbocycles. The van der Waals surface area contributed by atoms with Gasteiger partial charge in [-0.2, -0.15) is 0 Å². The zero-order valence-corrected chi connectivity index (χ0v) is 23.9. The number of halogens is 4. The third-order valence-corrected chi connectivity index (χ3v) is 7.60. The maximum Gasteiger partial charge on any atom is 0.147 e. The molecule has 2 aromatic heterocycles. The van der Waals surface area contributed by atoms with Crippen LogP contribution in [0.2, 0.25) is 20.1 Å². The second-order valence-corrected chi connectivity index (χ2v) is 11.1. The molecular weight excluding hydrogens is 582 g/mol. The fourth-order valence-electron chi connectivity index (χ4n) is 4.28. The molecule has 0 aliphatic heterocycles. The third kappa shape index (κ3) is 6.36. The lowest BCUT2D eigenvalue weighted by Gasteiger charge is -2.03. The minimum absolute atomic E-state index is 0.295. The topological polar surface area (TPSA) is 78.4 Å². The number of nitrogens with zero attached hydrogens (tertiary/aromatic N) is 2. The predicted molar refractivity (Wildman–Crippen MR) is 154 cm³/mol. The SMILES string of the molecule is CO/C=C/c1c(-c2ccc(Cl)cc2Cl)noc1C1CC1.O=CCc1c(-c2ccc(Cl)cc2Cl)noc1C1CC1. The van der Waals surface area contributed by atoms with Gasteiger partial charge in [-0.1, -0.05) is 56.7 Å². The summed E-state index contributed by atoms with van der Waals surface area (Å²) in [6, 6.07) is 10.6. The summed E-state index contributed by atoms with van der Waals surface area (Å²) in [5.74, 6) is 2.59. The van der Waals surface area contributed by atoms with E-state index in [2.05, 4.69) is 10.3 Å². The number of carbonyl (C=O) groups excluding carboxylic acids is 1. The van der Waals surface area contributed by atoms with Crippen molar-refractivity contribution >= 4 is 58.8 Å². The highest BCUT2D eigenvalue weighted by atomic mass is 35.5. The van der Waals surface area contributed by atoms with Crippen LogP contribution in [0.4, 0.5) is 0 Å². The zero-order valence-electron chi connectivity index (χ0n) is 20.9. The van der Waals surface area contributed by atoms with E-state index in [9.17, 15) is 4.79 Å². The average Bonchev–Trinajstić information content (AvgIpc) is 3.85. The smallest absolute Gasteiger partial charge is 0.147 e. The average molecular weight is 606 g/mol. The van der Waals surface area contributed by atoms with Crippen molar-refractivity contribution in [2.45, 2.75) is 43.9 Å². The van der Waals surface area contributed by atoms with Gasteiger partial charge < -0.3 is 18.6 Å². The maximum atomic E-state index is 10.9. The highest BCUT2D eigenvalue weighted by Crippen LogP contribution is 2.46. The Balaban J connectivity index is 0.000000158. The van der Waals surface area contributed by atoms with Gasteiger partial charge in [-0.25, -0.2) is 0 Å². The number of hydrogen-bond donors (Lipinski definition) is 0. The predicted octanol–water partition coefficient (Wildman–Crippen LogP) is 9.41. The number of carbonyl (C=O) groups is 1. The van der Waals surface area contributed by atoms with Gasteiger partial charge in [0, 0.05) is 50.6 Å². The minimum Gasteiger partial charge on any atom is -0.504 e. The van der Waals surface area contributed by atoms with Gasteiger partial charge in [0.2, 0.25) is 0 Å². The second-order valence-electron chi connectivity index (χ2n) is 9.39. The summed E-state index contributed by atoms with van der Waals surface area (Å²) in [7, 11) is 1.61. The Labute approximate surface area is 245 Å². The molecular formula is C29H24Cl4N2O4. The van der Waals surface area contributed by atoms with Crippen molar-refractivity contribution in [3.8, 4) is 22.5 Å². The van der Waals surface area contributed by atoms with Crippen LogP contribution in [0.25, 0.3) is 28.6 Å². The highest BCUT2D eigenvalue weighted by Gasteiger charge is 2.33. The van der Waals surface area contributed by atoms with Crippen molar-refractivity contribution < 1.29 is 18.6 Å². The summed E-state index contributed by atoms with van der Waals surface area (Å²) in [4.78, 5) is 10.9. The van der Waals surface area contributed by atoms with Gasteiger partial charge in [0.15, 0.2) is 0 Å². The largest absolute Gasteiger partial charge is 0.504 e. The number of aldehydes is 1. The van der Waals surface area contributed by atoms with Crippen LogP contribution in [0.5, 0.6) is 0 Å². The lowest BCUT2D eigenvalue weighted by molar-refractivity contribution is -0.107. The molecule has 4 aromatic rings. The highest BCUT2D eigenvalue weighted by molar-refractivity contribution is 6.37. The Bertz CT molecular complexity index is 1520. The van der Waals surface area contributed by atoms with E-state index in [-0.39, 0.29) is 0 Å². The van der Waals surface area contributed by atoms with Crippen LogP contribution in [0, 0.1) is 0 Å². The van der Waals surface area contributed by atoms with E-state index in [1.165, 1.54) is 0 Å². The molecule has 0 saturated heterocycles. The number of rotatable bonds is 8. The summed E-state index contributed by atoms with van der Waals surface area (Å²) in [6.45, 7) is 0. The molecule has 0 radical (unpaired) electrons. The number of hydrogen-bond acceptors (Lipinski definition) is 6. The van der Waals surface area contributed by atoms with Crippen LogP contribution in [0.15, 0.2) is 51.7 Å². The summed E-state index contributed by atoms with van der Waals surface area (Å²) >= 11 is 24.3. The van der Waals surface area contributed by atoms with Crippen LogP contribution >= 0.6 is 46.4 Å². The first-order chi connectivity index (χ1) is 18.9. The van der Waals surface area contributed by atoms with E-state index in [0.717, 1.165) is 71.4 Å². The van der Waals surface area contributed by atoms with Gasteiger partial charge in [0.05, 0.1) is 23.4 Å². The van der Waals surface area contributed by atoms with E-state index >= 15 is 0 Å². The molecule has 6 nitrogen and oxygen atoms in total. The van der Waals surface area contributed by atoms with Gasteiger partial charge in [-0.05, 0) is 68.2 Å². The van der Waals surface area contributed by atoms with Gasteiger partial charge in [0.1, 0.15) is 29.2 Å². The number of benzene rings is 2. The number of aromatic nitrogens is 2. The standard InChI is InChI=1S/C15H13Cl2NO2.C14H11Cl2NO2/c1-19-7-6-12-14(18-20-15(12)9-2-3-9)11-5-4-10(16)8-13(11)17;15-9-3-4-10(12(16)7-9)13-11(5-6-18)14(19-17-13)8-1-2-8/h4-9H,2-3H2,1H3;3-4,6-8H,1-2,5H2/b7-6+;. The molecule has 2 fully saturated rings. The molecule has 0 N–H and O–H groups in total. The molecule has 39 heavy (non-hydrogen) atoms. The number of ether oxygens (including phenoxy) is 1. The summed E-state index contributed by atoms with van der Waals surface area (Å²) in [5.41, 5.74) is 4.71. The zero-order chi connectivity index (χ0) is 27.5. The monoisotopic (exact) mass is 604 g/mol. The lowest BCUT2D eigenvalue weighted by atomic mass is 10.0. The first kappa shape index (κ1) is 27.8. The van der Waals surface area contributed by atoms with Crippen molar-refractivity contribution in [3.63, 3.8) is 0 Å². The second kappa shape index (κ2) is 12.2. The Morgan fingerprint density at radius 1 is 0.846 bits per heavy atom. The first-order valence-electron chi connectivity index (χ1n) is 12.4. The van der Waals surface area contributed by atoms with Crippen LogP contribution in [-0.2, 0) is 16.0 Å². The van der Waals surface area contributed by atoms with E-state index in [1.807, 2.05) is 12.1 Å². The van der Waals surface area contributed by atoms with Crippen molar-refractivity contribution in [2.75, 3.05) is 7.11 Å². The molecule has 2 aromatic carbocycles. The molecule has 202 valence electrons. The number of methoxy groups -OCH3 is 1. The summed E-state index contributed by atoms with van der Waals surface area (Å²) < 4.78 is 15.9. The van der Waals surface area contributed by atoms with Crippen LogP contribution in [0.3, 0.4) is 0 Å². The molecule has 0 amide bonds. The normalized spacial score (nSPS) is 14.8. The molecule has 2 saturated carbocycles. The van der Waals surface area contributed by atoms with Crippen LogP contribution in [0.1, 0.15) is 60.2 Å².